The molecule has 2 aromatic carbocycles. The van der Waals surface area contributed by atoms with E-state index in [4.69, 9.17) is 0 Å². The van der Waals surface area contributed by atoms with Gasteiger partial charge in [0.05, 0.1) is 0 Å². The van der Waals surface area contributed by atoms with Gasteiger partial charge < -0.3 is 0 Å². The minimum Gasteiger partial charge on any atom is -0.208 e. The molecule has 0 saturated heterocycles. The van der Waals surface area contributed by atoms with E-state index in [-0.39, 0.29) is 5.92 Å². The van der Waals surface area contributed by atoms with E-state index >= 15 is 0 Å². The van der Waals surface area contributed by atoms with Crippen molar-refractivity contribution in [3.63, 3.8) is 0 Å². The van der Waals surface area contributed by atoms with Crippen LogP contribution in [0.1, 0.15) is 36.8 Å². The number of fused-ring (bicyclic) bond motifs is 1. The van der Waals surface area contributed by atoms with Crippen molar-refractivity contribution in [1.82, 2.24) is 0 Å². The zero-order valence-corrected chi connectivity index (χ0v) is 13.8. The molecular formula is C22H22F2. The molecule has 3 rings (SSSR count). The predicted molar refractivity (Wildman–Crippen MR) is 98.8 cm³/mol. The van der Waals surface area contributed by atoms with Crippen LogP contribution in [0.15, 0.2) is 61.5 Å². The van der Waals surface area contributed by atoms with Crippen molar-refractivity contribution in [1.29, 1.82) is 0 Å². The summed E-state index contributed by atoms with van der Waals surface area (Å²) in [5.74, 6) is -1.18. The lowest BCUT2D eigenvalue weighted by molar-refractivity contribution is 0.305. The van der Waals surface area contributed by atoms with Crippen LogP contribution in [0, 0.1) is 11.8 Å². The molecule has 0 aliphatic heterocycles. The van der Waals surface area contributed by atoms with E-state index in [1.165, 1.54) is 0 Å². The number of benzene rings is 2. The summed E-state index contributed by atoms with van der Waals surface area (Å²) in [7, 11) is 0. The molecule has 0 N–H and O–H groups in total. The first-order valence-corrected chi connectivity index (χ1v) is 8.46. The first-order valence-electron chi connectivity index (χ1n) is 8.46. The maximum atomic E-state index is 14.6. The molecule has 0 atom stereocenters. The van der Waals surface area contributed by atoms with E-state index in [0.29, 0.717) is 24.3 Å². The van der Waals surface area contributed by atoms with Crippen molar-refractivity contribution in [3.05, 3.63) is 72.6 Å². The van der Waals surface area contributed by atoms with Crippen LogP contribution in [0.5, 0.6) is 0 Å². The molecule has 1 fully saturated rings. The second kappa shape index (κ2) is 7.12. The van der Waals surface area contributed by atoms with Crippen molar-refractivity contribution in [2.75, 3.05) is 0 Å². The minimum atomic E-state index is -0.716. The highest BCUT2D eigenvalue weighted by Gasteiger charge is 2.25. The van der Waals surface area contributed by atoms with E-state index in [9.17, 15) is 8.78 Å². The maximum absolute atomic E-state index is 14.6. The van der Waals surface area contributed by atoms with E-state index in [1.807, 2.05) is 30.3 Å². The Hall–Kier alpha value is -2.22. The van der Waals surface area contributed by atoms with E-state index in [1.54, 1.807) is 18.2 Å². The SMILES string of the molecule is C=Cc1ccc2cc(C(F)=C(F)C3CCC(C=C)CC3)ccc2c1. The Morgan fingerprint density at radius 3 is 2.25 bits per heavy atom. The number of hydrogen-bond acceptors (Lipinski definition) is 0. The monoisotopic (exact) mass is 324 g/mol. The Labute approximate surface area is 142 Å². The van der Waals surface area contributed by atoms with E-state index in [2.05, 4.69) is 13.2 Å². The van der Waals surface area contributed by atoms with E-state index < -0.39 is 11.7 Å². The molecule has 1 aliphatic carbocycles. The van der Waals surface area contributed by atoms with Gasteiger partial charge in [-0.2, -0.15) is 0 Å². The standard InChI is InChI=1S/C22H22F2/c1-3-15-5-8-17(9-6-15)21(23)22(24)20-12-11-18-13-16(4-2)7-10-19(18)14-20/h3-4,7,10-15,17H,1-2,5-6,8-9H2. The molecule has 1 aliphatic rings. The Bertz CT molecular complexity index is 793. The third-order valence-corrected chi connectivity index (χ3v) is 5.03. The van der Waals surface area contributed by atoms with Crippen LogP contribution in [0.25, 0.3) is 22.7 Å². The lowest BCUT2D eigenvalue weighted by Gasteiger charge is -2.25. The molecule has 0 heterocycles. The second-order valence-corrected chi connectivity index (χ2v) is 6.53. The number of rotatable bonds is 4. The minimum absolute atomic E-state index is 0.306. The largest absolute Gasteiger partial charge is 0.208 e. The summed E-state index contributed by atoms with van der Waals surface area (Å²) in [5.41, 5.74) is 1.33. The van der Waals surface area contributed by atoms with Crippen LogP contribution >= 0.6 is 0 Å². The lowest BCUT2D eigenvalue weighted by atomic mass is 9.81. The van der Waals surface area contributed by atoms with Crippen LogP contribution in [0.4, 0.5) is 8.78 Å². The summed E-state index contributed by atoms with van der Waals surface area (Å²) < 4.78 is 29.2. The molecule has 0 radical (unpaired) electrons. The fraction of sp³-hybridized carbons (Fsp3) is 0.273. The second-order valence-electron chi connectivity index (χ2n) is 6.53. The van der Waals surface area contributed by atoms with Crippen LogP contribution in [-0.2, 0) is 0 Å². The molecule has 124 valence electrons. The molecule has 2 heteroatoms. The summed E-state index contributed by atoms with van der Waals surface area (Å²) >= 11 is 0. The smallest absolute Gasteiger partial charge is 0.162 e. The molecular weight excluding hydrogens is 302 g/mol. The van der Waals surface area contributed by atoms with Crippen LogP contribution in [0.2, 0.25) is 0 Å². The number of allylic oxidation sites excluding steroid dienone is 2. The topological polar surface area (TPSA) is 0 Å². The summed E-state index contributed by atoms with van der Waals surface area (Å²) in [4.78, 5) is 0. The van der Waals surface area contributed by atoms with Gasteiger partial charge in [0.25, 0.3) is 0 Å². The average molecular weight is 324 g/mol. The first-order chi connectivity index (χ1) is 11.6. The van der Waals surface area contributed by atoms with Crippen molar-refractivity contribution >= 4 is 22.7 Å². The number of hydrogen-bond donors (Lipinski definition) is 0. The quantitative estimate of drug-likeness (QED) is 0.527. The Morgan fingerprint density at radius 2 is 1.58 bits per heavy atom. The van der Waals surface area contributed by atoms with Gasteiger partial charge in [0, 0.05) is 11.5 Å². The molecule has 0 spiro atoms. The normalized spacial score (nSPS) is 22.1. The average Bonchev–Trinajstić information content (AvgIpc) is 2.66. The van der Waals surface area contributed by atoms with Crippen molar-refractivity contribution < 1.29 is 8.78 Å². The summed E-state index contributed by atoms with van der Waals surface area (Å²) in [6.45, 7) is 7.54. The fourth-order valence-electron chi connectivity index (χ4n) is 3.45. The molecule has 1 saturated carbocycles. The van der Waals surface area contributed by atoms with Gasteiger partial charge in [-0.05, 0) is 60.1 Å². The Kier molecular flexibility index (Phi) is 4.94. The van der Waals surface area contributed by atoms with Crippen LogP contribution < -0.4 is 0 Å². The van der Waals surface area contributed by atoms with Crippen molar-refractivity contribution in [3.8, 4) is 0 Å². The van der Waals surface area contributed by atoms with Gasteiger partial charge in [-0.15, -0.1) is 6.58 Å². The molecule has 0 unspecified atom stereocenters. The van der Waals surface area contributed by atoms with Gasteiger partial charge in [-0.25, -0.2) is 8.78 Å². The van der Waals surface area contributed by atoms with E-state index in [0.717, 1.165) is 29.2 Å². The van der Waals surface area contributed by atoms with Gasteiger partial charge in [-0.3, -0.25) is 0 Å². The highest BCUT2D eigenvalue weighted by molar-refractivity contribution is 5.87. The van der Waals surface area contributed by atoms with Crippen LogP contribution in [-0.4, -0.2) is 0 Å². The predicted octanol–water partition coefficient (Wildman–Crippen LogP) is 7.08. The zero-order chi connectivity index (χ0) is 17.1. The molecule has 0 aromatic heterocycles. The molecule has 0 bridgehead atoms. The maximum Gasteiger partial charge on any atom is 0.162 e. The van der Waals surface area contributed by atoms with Gasteiger partial charge in [0.2, 0.25) is 0 Å². The lowest BCUT2D eigenvalue weighted by Crippen LogP contribution is -2.14. The van der Waals surface area contributed by atoms with Crippen molar-refractivity contribution in [2.45, 2.75) is 25.7 Å². The molecule has 0 nitrogen and oxygen atoms in total. The molecule has 0 amide bonds. The van der Waals surface area contributed by atoms with Gasteiger partial charge in [0.15, 0.2) is 5.83 Å². The highest BCUT2D eigenvalue weighted by atomic mass is 19.2. The summed E-state index contributed by atoms with van der Waals surface area (Å²) in [6.07, 6.45) is 6.84. The highest BCUT2D eigenvalue weighted by Crippen LogP contribution is 2.38. The van der Waals surface area contributed by atoms with Gasteiger partial charge in [-0.1, -0.05) is 43.0 Å². The Balaban J connectivity index is 1.88. The van der Waals surface area contributed by atoms with Crippen molar-refractivity contribution in [2.24, 2.45) is 11.8 Å². The third-order valence-electron chi connectivity index (χ3n) is 5.03. The Morgan fingerprint density at radius 1 is 0.917 bits per heavy atom. The van der Waals surface area contributed by atoms with Gasteiger partial charge in [0.1, 0.15) is 5.83 Å². The summed E-state index contributed by atoms with van der Waals surface area (Å²) in [6, 6.07) is 11.0. The fourth-order valence-corrected chi connectivity index (χ4v) is 3.45. The molecule has 24 heavy (non-hydrogen) atoms. The van der Waals surface area contributed by atoms with Crippen LogP contribution in [0.3, 0.4) is 0 Å². The third kappa shape index (κ3) is 3.33. The first kappa shape index (κ1) is 16.6. The molecule has 2 aromatic rings. The van der Waals surface area contributed by atoms with Gasteiger partial charge >= 0.3 is 0 Å². The number of halogens is 2. The summed E-state index contributed by atoms with van der Waals surface area (Å²) in [5, 5.41) is 1.90. The zero-order valence-electron chi connectivity index (χ0n) is 13.8.